The van der Waals surface area contributed by atoms with E-state index in [1.165, 1.54) is 0 Å². The Kier molecular flexibility index (Phi) is 10.0. The fourth-order valence-corrected chi connectivity index (χ4v) is 4.32. The maximum Gasteiger partial charge on any atom is 0.0558 e. The van der Waals surface area contributed by atoms with E-state index in [0.29, 0.717) is 12.1 Å². The van der Waals surface area contributed by atoms with Crippen LogP contribution in [0, 0.1) is 0 Å². The van der Waals surface area contributed by atoms with Crippen molar-refractivity contribution in [3.05, 3.63) is 0 Å². The van der Waals surface area contributed by atoms with Gasteiger partial charge in [0.05, 0.1) is 13.2 Å². The van der Waals surface area contributed by atoms with Crippen molar-refractivity contribution in [2.24, 2.45) is 0 Å². The first-order chi connectivity index (χ1) is 12.1. The van der Waals surface area contributed by atoms with E-state index in [0.717, 1.165) is 52.1 Å². The molecule has 1 fully saturated rings. The highest BCUT2D eigenvalue weighted by Crippen LogP contribution is 2.18. The molecule has 6 heteroatoms. The SMILES string of the molecule is C[C@@H]1CC(C)(C)NCCN(CCO)[C@H](C)CC(C)(C)NCCN1CCO. The number of nitrogens with one attached hydrogen (secondary N) is 2. The van der Waals surface area contributed by atoms with E-state index < -0.39 is 0 Å². The molecule has 1 heterocycles. The lowest BCUT2D eigenvalue weighted by Crippen LogP contribution is -2.54. The van der Waals surface area contributed by atoms with E-state index in [1.807, 2.05) is 0 Å². The van der Waals surface area contributed by atoms with E-state index in [9.17, 15) is 10.2 Å². The van der Waals surface area contributed by atoms with Crippen LogP contribution in [0.2, 0.25) is 0 Å². The topological polar surface area (TPSA) is 71.0 Å². The molecule has 0 aliphatic carbocycles. The highest BCUT2D eigenvalue weighted by atomic mass is 16.3. The molecule has 0 saturated carbocycles. The highest BCUT2D eigenvalue weighted by Gasteiger charge is 2.28. The lowest BCUT2D eigenvalue weighted by Gasteiger charge is -2.40. The Balaban J connectivity index is 2.88. The Labute approximate surface area is 161 Å². The molecule has 156 valence electrons. The Hall–Kier alpha value is -0.240. The van der Waals surface area contributed by atoms with Crippen LogP contribution in [0.4, 0.5) is 0 Å². The summed E-state index contributed by atoms with van der Waals surface area (Å²) in [4.78, 5) is 4.78. The van der Waals surface area contributed by atoms with Gasteiger partial charge in [0.25, 0.3) is 0 Å². The second-order valence-corrected chi connectivity index (χ2v) is 9.25. The van der Waals surface area contributed by atoms with Gasteiger partial charge in [0.15, 0.2) is 0 Å². The number of β-amino-alcohol motifs (C(OH)–C–C–N with tert-alkyl or cyclic N) is 2. The highest BCUT2D eigenvalue weighted by molar-refractivity contribution is 4.88. The third-order valence-electron chi connectivity index (χ3n) is 5.64. The monoisotopic (exact) mass is 372 g/mol. The van der Waals surface area contributed by atoms with Crippen molar-refractivity contribution >= 4 is 0 Å². The summed E-state index contributed by atoms with van der Waals surface area (Å²) in [5.74, 6) is 0. The van der Waals surface area contributed by atoms with Crippen molar-refractivity contribution < 1.29 is 10.2 Å². The lowest BCUT2D eigenvalue weighted by molar-refractivity contribution is 0.109. The van der Waals surface area contributed by atoms with E-state index in [-0.39, 0.29) is 24.3 Å². The van der Waals surface area contributed by atoms with Gasteiger partial charge in [-0.3, -0.25) is 9.80 Å². The summed E-state index contributed by atoms with van der Waals surface area (Å²) in [5.41, 5.74) is 0.0795. The second kappa shape index (κ2) is 10.9. The normalized spacial score (nSPS) is 30.0. The predicted octanol–water partition coefficient (Wildman–Crippen LogP) is 0.882. The van der Waals surface area contributed by atoms with Gasteiger partial charge in [-0.15, -0.1) is 0 Å². The Bertz CT molecular complexity index is 354. The number of nitrogens with zero attached hydrogens (tertiary/aromatic N) is 2. The Morgan fingerprint density at radius 1 is 0.769 bits per heavy atom. The van der Waals surface area contributed by atoms with Gasteiger partial charge < -0.3 is 20.8 Å². The fraction of sp³-hybridized carbons (Fsp3) is 1.00. The summed E-state index contributed by atoms with van der Waals surface area (Å²) in [6.07, 6.45) is 2.07. The molecule has 1 saturated heterocycles. The van der Waals surface area contributed by atoms with E-state index in [2.05, 4.69) is 62.0 Å². The smallest absolute Gasteiger partial charge is 0.0558 e. The van der Waals surface area contributed by atoms with Crippen LogP contribution in [-0.4, -0.2) is 95.7 Å². The largest absolute Gasteiger partial charge is 0.395 e. The van der Waals surface area contributed by atoms with Crippen LogP contribution < -0.4 is 10.6 Å². The van der Waals surface area contributed by atoms with Crippen LogP contribution in [-0.2, 0) is 0 Å². The summed E-state index contributed by atoms with van der Waals surface area (Å²) >= 11 is 0. The molecule has 1 aliphatic heterocycles. The van der Waals surface area contributed by atoms with Crippen LogP contribution in [0.15, 0.2) is 0 Å². The third-order valence-corrected chi connectivity index (χ3v) is 5.64. The molecule has 0 aromatic heterocycles. The molecule has 0 unspecified atom stereocenters. The van der Waals surface area contributed by atoms with Crippen molar-refractivity contribution in [1.82, 2.24) is 20.4 Å². The van der Waals surface area contributed by atoms with Crippen LogP contribution >= 0.6 is 0 Å². The number of rotatable bonds is 4. The van der Waals surface area contributed by atoms with Crippen molar-refractivity contribution in [2.45, 2.75) is 77.5 Å². The molecule has 1 aliphatic rings. The van der Waals surface area contributed by atoms with Gasteiger partial charge in [-0.1, -0.05) is 0 Å². The summed E-state index contributed by atoms with van der Waals surface area (Å²) in [6.45, 7) is 19.1. The van der Waals surface area contributed by atoms with Gasteiger partial charge in [-0.05, 0) is 54.4 Å². The molecule has 4 N–H and O–H groups in total. The van der Waals surface area contributed by atoms with Crippen LogP contribution in [0.1, 0.15) is 54.4 Å². The molecule has 0 aromatic carbocycles. The number of aliphatic hydroxyl groups excluding tert-OH is 2. The summed E-state index contributed by atoms with van der Waals surface area (Å²) < 4.78 is 0. The molecule has 6 nitrogen and oxygen atoms in total. The average Bonchev–Trinajstić information content (AvgIpc) is 2.51. The summed E-state index contributed by atoms with van der Waals surface area (Å²) in [7, 11) is 0. The van der Waals surface area contributed by atoms with Gasteiger partial charge in [0.1, 0.15) is 0 Å². The summed E-state index contributed by atoms with van der Waals surface area (Å²) in [6, 6.07) is 0.815. The van der Waals surface area contributed by atoms with Crippen molar-refractivity contribution in [3.63, 3.8) is 0 Å². The zero-order valence-electron chi connectivity index (χ0n) is 18.0. The van der Waals surface area contributed by atoms with Gasteiger partial charge in [0.2, 0.25) is 0 Å². The number of aliphatic hydroxyl groups is 2. The van der Waals surface area contributed by atoms with Gasteiger partial charge in [-0.2, -0.15) is 0 Å². The second-order valence-electron chi connectivity index (χ2n) is 9.25. The zero-order valence-corrected chi connectivity index (χ0v) is 18.0. The molecule has 1 rings (SSSR count). The molecular formula is C20H44N4O2. The maximum absolute atomic E-state index is 9.45. The number of hydrogen-bond donors (Lipinski definition) is 4. The molecule has 0 bridgehead atoms. The van der Waals surface area contributed by atoms with E-state index in [4.69, 9.17) is 0 Å². The minimum absolute atomic E-state index is 0.0397. The molecule has 0 amide bonds. The zero-order chi connectivity index (χ0) is 19.8. The standard InChI is InChI=1S/C20H44N4O2/c1-17-15-19(3,4)21-8-10-24(12-14-26)18(2)16-20(5,6)22-7-9-23(17)11-13-25/h17-18,21-22,25-26H,7-16H2,1-6H3/t17-,18-/m1/s1. The Morgan fingerprint density at radius 3 is 1.42 bits per heavy atom. The molecule has 0 spiro atoms. The quantitative estimate of drug-likeness (QED) is 0.587. The molecule has 0 radical (unpaired) electrons. The Morgan fingerprint density at radius 2 is 1.12 bits per heavy atom. The average molecular weight is 373 g/mol. The van der Waals surface area contributed by atoms with Crippen molar-refractivity contribution in [3.8, 4) is 0 Å². The first-order valence-corrected chi connectivity index (χ1v) is 10.3. The van der Waals surface area contributed by atoms with Crippen molar-refractivity contribution in [1.29, 1.82) is 0 Å². The lowest BCUT2D eigenvalue weighted by atomic mass is 9.93. The minimum Gasteiger partial charge on any atom is -0.395 e. The molecular weight excluding hydrogens is 328 g/mol. The maximum atomic E-state index is 9.45. The van der Waals surface area contributed by atoms with Crippen LogP contribution in [0.25, 0.3) is 0 Å². The van der Waals surface area contributed by atoms with Gasteiger partial charge in [-0.25, -0.2) is 0 Å². The van der Waals surface area contributed by atoms with Crippen molar-refractivity contribution in [2.75, 3.05) is 52.5 Å². The first-order valence-electron chi connectivity index (χ1n) is 10.3. The first kappa shape index (κ1) is 23.8. The summed E-state index contributed by atoms with van der Waals surface area (Å²) in [5, 5.41) is 26.3. The van der Waals surface area contributed by atoms with Gasteiger partial charge >= 0.3 is 0 Å². The number of hydrogen-bond acceptors (Lipinski definition) is 6. The van der Waals surface area contributed by atoms with E-state index in [1.54, 1.807) is 0 Å². The molecule has 2 atom stereocenters. The third kappa shape index (κ3) is 8.63. The molecule has 0 aromatic rings. The minimum atomic E-state index is 0.0397. The van der Waals surface area contributed by atoms with E-state index >= 15 is 0 Å². The predicted molar refractivity (Wildman–Crippen MR) is 110 cm³/mol. The van der Waals surface area contributed by atoms with Crippen LogP contribution in [0.5, 0.6) is 0 Å². The fourth-order valence-electron chi connectivity index (χ4n) is 4.32. The van der Waals surface area contributed by atoms with Crippen LogP contribution in [0.3, 0.4) is 0 Å². The molecule has 26 heavy (non-hydrogen) atoms. The van der Waals surface area contributed by atoms with Gasteiger partial charge in [0, 0.05) is 62.4 Å².